The first kappa shape index (κ1) is 30.7. The molecule has 11 heteroatoms. The second-order valence-corrected chi connectivity index (χ2v) is 13.2. The van der Waals surface area contributed by atoms with Crippen LogP contribution in [0.5, 0.6) is 5.75 Å². The number of aromatic nitrogens is 2. The normalized spacial score (nSPS) is 20.0. The van der Waals surface area contributed by atoms with Crippen molar-refractivity contribution in [3.63, 3.8) is 0 Å². The predicted molar refractivity (Wildman–Crippen MR) is 175 cm³/mol. The number of carbonyl (C=O) groups is 2. The molecule has 234 valence electrons. The van der Waals surface area contributed by atoms with E-state index >= 15 is 0 Å². The molecular formula is C34H37N5O5S. The molecule has 0 aliphatic carbocycles. The molecule has 3 heterocycles. The van der Waals surface area contributed by atoms with Crippen LogP contribution in [0.4, 0.5) is 5.69 Å². The molecule has 2 amide bonds. The molecule has 4 atom stereocenters. The van der Waals surface area contributed by atoms with Gasteiger partial charge in [-0.05, 0) is 43.0 Å². The number of ether oxygens (including phenoxy) is 1. The molecule has 3 aromatic carbocycles. The van der Waals surface area contributed by atoms with E-state index in [1.165, 1.54) is 4.68 Å². The highest BCUT2D eigenvalue weighted by Gasteiger charge is 2.42. The third kappa shape index (κ3) is 5.55. The molecule has 0 bridgehead atoms. The standard InChI is InChI=1S/C34H37N5O5S/c1-20-12-14-21(15-13-20)31-29(32(40)35-2)26-17-25(27(18-28(26)44-31)38(4)45(5)43)22-9-8-16-39(19-22)34(42)30-23-10-6-7-11-24(23)33(41)37(3)36-30/h6-7,10-15,17-18,22,29,31H,8-9,16,19H2,1-5H3,(H,35,40)/t22-,29?,31?,45?/m0/s1. The van der Waals surface area contributed by atoms with Gasteiger partial charge in [0.2, 0.25) is 5.91 Å². The van der Waals surface area contributed by atoms with Crippen molar-refractivity contribution in [3.05, 3.63) is 99.0 Å². The van der Waals surface area contributed by atoms with E-state index in [2.05, 4.69) is 10.4 Å². The van der Waals surface area contributed by atoms with Crippen molar-refractivity contribution in [2.45, 2.75) is 37.7 Å². The molecule has 1 aromatic heterocycles. The predicted octanol–water partition coefficient (Wildman–Crippen LogP) is 3.95. The maximum atomic E-state index is 14.0. The lowest BCUT2D eigenvalue weighted by Crippen LogP contribution is -2.41. The lowest BCUT2D eigenvalue weighted by molar-refractivity contribution is -0.123. The first-order valence-electron chi connectivity index (χ1n) is 15.0. The van der Waals surface area contributed by atoms with Crippen LogP contribution in [0, 0.1) is 6.92 Å². The summed E-state index contributed by atoms with van der Waals surface area (Å²) in [5.41, 5.74) is 4.40. The van der Waals surface area contributed by atoms with Gasteiger partial charge in [-0.2, -0.15) is 9.40 Å². The monoisotopic (exact) mass is 627 g/mol. The van der Waals surface area contributed by atoms with Crippen LogP contribution >= 0.6 is 0 Å². The maximum absolute atomic E-state index is 14.0. The van der Waals surface area contributed by atoms with Crippen LogP contribution in [0.3, 0.4) is 0 Å². The molecule has 1 N–H and O–H groups in total. The smallest absolute Gasteiger partial charge is 0.274 e. The molecule has 4 aromatic rings. The Hall–Kier alpha value is -4.35. The lowest BCUT2D eigenvalue weighted by Gasteiger charge is -2.35. The number of anilines is 1. The molecule has 3 unspecified atom stereocenters. The Bertz CT molecular complexity index is 1840. The van der Waals surface area contributed by atoms with Crippen molar-refractivity contribution in [1.29, 1.82) is 0 Å². The Kier molecular flexibility index (Phi) is 8.32. The van der Waals surface area contributed by atoms with E-state index in [1.54, 1.807) is 60.9 Å². The summed E-state index contributed by atoms with van der Waals surface area (Å²) >= 11 is -1.33. The van der Waals surface area contributed by atoms with Crippen molar-refractivity contribution < 1.29 is 18.9 Å². The number of fused-ring (bicyclic) bond motifs is 2. The molecule has 0 saturated carbocycles. The Morgan fingerprint density at radius 1 is 1.09 bits per heavy atom. The van der Waals surface area contributed by atoms with Gasteiger partial charge >= 0.3 is 0 Å². The first-order chi connectivity index (χ1) is 21.6. The fourth-order valence-electron chi connectivity index (χ4n) is 6.53. The van der Waals surface area contributed by atoms with E-state index in [0.29, 0.717) is 29.6 Å². The molecule has 0 spiro atoms. The highest BCUT2D eigenvalue weighted by atomic mass is 32.2. The average Bonchev–Trinajstić information content (AvgIpc) is 3.43. The van der Waals surface area contributed by atoms with Crippen LogP contribution in [-0.2, 0) is 23.2 Å². The summed E-state index contributed by atoms with van der Waals surface area (Å²) in [6, 6.07) is 18.9. The number of likely N-dealkylation sites (tertiary alicyclic amines) is 1. The summed E-state index contributed by atoms with van der Waals surface area (Å²) in [5.74, 6) is -0.502. The van der Waals surface area contributed by atoms with Gasteiger partial charge in [-0.25, -0.2) is 4.68 Å². The Balaban J connectivity index is 1.40. The number of carbonyl (C=O) groups excluding carboxylic acids is 2. The van der Waals surface area contributed by atoms with Crippen molar-refractivity contribution >= 4 is 39.6 Å². The van der Waals surface area contributed by atoms with Gasteiger partial charge < -0.3 is 19.5 Å². The second-order valence-electron chi connectivity index (χ2n) is 11.8. The molecule has 2 aliphatic heterocycles. The van der Waals surface area contributed by atoms with Gasteiger partial charge in [-0.15, -0.1) is 0 Å². The molecule has 10 nitrogen and oxygen atoms in total. The van der Waals surface area contributed by atoms with E-state index in [4.69, 9.17) is 4.74 Å². The third-order valence-corrected chi connectivity index (χ3v) is 9.99. The summed E-state index contributed by atoms with van der Waals surface area (Å²) in [4.78, 5) is 41.8. The summed E-state index contributed by atoms with van der Waals surface area (Å²) in [5, 5.41) is 8.16. The number of aryl methyl sites for hydroxylation is 2. The summed E-state index contributed by atoms with van der Waals surface area (Å²) < 4.78 is 22.2. The highest BCUT2D eigenvalue weighted by molar-refractivity contribution is 7.92. The topological polar surface area (TPSA) is 120 Å². The van der Waals surface area contributed by atoms with Crippen LogP contribution in [-0.4, -0.2) is 64.5 Å². The zero-order valence-corrected chi connectivity index (χ0v) is 26.9. The Morgan fingerprint density at radius 3 is 2.49 bits per heavy atom. The van der Waals surface area contributed by atoms with Gasteiger partial charge in [0.25, 0.3) is 11.5 Å². The second kappa shape index (κ2) is 12.2. The largest absolute Gasteiger partial charge is 0.593 e. The number of nitrogens with zero attached hydrogens (tertiary/aromatic N) is 4. The van der Waals surface area contributed by atoms with E-state index in [1.807, 2.05) is 43.3 Å². The SMILES string of the molecule is CNC(=O)C1c2cc([C@H]3CCCN(C(=O)c4nn(C)c(=O)c5ccccc45)C3)c(N(C)[S+](C)[O-])cc2OC1c1ccc(C)cc1. The number of piperidine rings is 1. The first-order valence-corrected chi connectivity index (χ1v) is 16.6. The van der Waals surface area contributed by atoms with Crippen LogP contribution in [0.15, 0.2) is 65.5 Å². The lowest BCUT2D eigenvalue weighted by atomic mass is 9.84. The van der Waals surface area contributed by atoms with Crippen LogP contribution in [0.2, 0.25) is 0 Å². The van der Waals surface area contributed by atoms with Crippen molar-refractivity contribution in [2.24, 2.45) is 7.05 Å². The Labute approximate surface area is 265 Å². The summed E-state index contributed by atoms with van der Waals surface area (Å²) in [6.07, 6.45) is 2.65. The minimum absolute atomic E-state index is 0.100. The number of rotatable bonds is 6. The van der Waals surface area contributed by atoms with Gasteiger partial charge in [0.05, 0.1) is 29.5 Å². The fourth-order valence-corrected chi connectivity index (χ4v) is 6.96. The number of hydrogen-bond donors (Lipinski definition) is 1. The minimum atomic E-state index is -1.33. The van der Waals surface area contributed by atoms with Crippen molar-refractivity contribution in [2.75, 3.05) is 37.7 Å². The van der Waals surface area contributed by atoms with E-state index in [0.717, 1.165) is 40.8 Å². The van der Waals surface area contributed by atoms with Gasteiger partial charge in [-0.3, -0.25) is 14.4 Å². The molecule has 2 aliphatic rings. The van der Waals surface area contributed by atoms with Crippen LogP contribution in [0.1, 0.15) is 63.5 Å². The van der Waals surface area contributed by atoms with Crippen molar-refractivity contribution in [1.82, 2.24) is 20.0 Å². The number of benzene rings is 3. The maximum Gasteiger partial charge on any atom is 0.274 e. The minimum Gasteiger partial charge on any atom is -0.593 e. The van der Waals surface area contributed by atoms with Crippen LogP contribution < -0.4 is 19.9 Å². The van der Waals surface area contributed by atoms with Gasteiger partial charge in [0, 0.05) is 50.1 Å². The van der Waals surface area contributed by atoms with E-state index < -0.39 is 23.4 Å². The number of amides is 2. The zero-order valence-electron chi connectivity index (χ0n) is 26.1. The Morgan fingerprint density at radius 2 is 1.80 bits per heavy atom. The van der Waals surface area contributed by atoms with Crippen molar-refractivity contribution in [3.8, 4) is 5.75 Å². The van der Waals surface area contributed by atoms with Gasteiger partial charge in [-0.1, -0.05) is 48.0 Å². The van der Waals surface area contributed by atoms with E-state index in [9.17, 15) is 18.9 Å². The molecular weight excluding hydrogens is 590 g/mol. The summed E-state index contributed by atoms with van der Waals surface area (Å²) in [7, 11) is 4.95. The molecule has 0 radical (unpaired) electrons. The van der Waals surface area contributed by atoms with Gasteiger partial charge in [0.1, 0.15) is 24.0 Å². The number of nitrogens with one attached hydrogen (secondary N) is 1. The highest BCUT2D eigenvalue weighted by Crippen LogP contribution is 2.50. The van der Waals surface area contributed by atoms with Gasteiger partial charge in [0.15, 0.2) is 5.69 Å². The average molecular weight is 628 g/mol. The zero-order chi connectivity index (χ0) is 32.0. The summed E-state index contributed by atoms with van der Waals surface area (Å²) in [6.45, 7) is 2.96. The molecule has 6 rings (SSSR count). The number of likely N-dealkylation sites (N-methyl/N-ethyl adjacent to an activating group) is 1. The molecule has 45 heavy (non-hydrogen) atoms. The van der Waals surface area contributed by atoms with E-state index in [-0.39, 0.29) is 29.0 Å². The van der Waals surface area contributed by atoms with Crippen LogP contribution in [0.25, 0.3) is 10.8 Å². The fraction of sp³-hybridized carbons (Fsp3) is 0.353. The third-order valence-electron chi connectivity index (χ3n) is 9.02. The molecule has 1 fully saturated rings. The molecule has 1 saturated heterocycles. The number of hydrogen-bond acceptors (Lipinski definition) is 7. The quantitative estimate of drug-likeness (QED) is 0.322.